The molecule has 0 amide bonds. The first-order valence-corrected chi connectivity index (χ1v) is 4.47. The predicted octanol–water partition coefficient (Wildman–Crippen LogP) is 1.43. The van der Waals surface area contributed by atoms with Crippen LogP contribution in [0.1, 0.15) is 26.7 Å². The van der Waals surface area contributed by atoms with E-state index in [1.165, 1.54) is 0 Å². The Morgan fingerprint density at radius 3 is 2.27 bits per heavy atom. The topological polar surface area (TPSA) is 29.5 Å². The zero-order valence-corrected chi connectivity index (χ0v) is 7.42. The van der Waals surface area contributed by atoms with Crippen LogP contribution in [0.15, 0.2) is 0 Å². The summed E-state index contributed by atoms with van der Waals surface area (Å²) in [6.45, 7) is 5.79. The van der Waals surface area contributed by atoms with E-state index in [1.807, 2.05) is 0 Å². The van der Waals surface area contributed by atoms with Gasteiger partial charge in [0.05, 0.1) is 6.10 Å². The monoisotopic (exact) mass is 158 g/mol. The zero-order valence-electron chi connectivity index (χ0n) is 7.42. The maximum Gasteiger partial charge on any atom is 0.0592 e. The number of ether oxygens (including phenoxy) is 1. The van der Waals surface area contributed by atoms with Crippen LogP contribution in [0.3, 0.4) is 0 Å². The molecule has 1 unspecified atom stereocenters. The van der Waals surface area contributed by atoms with Gasteiger partial charge in [-0.15, -0.1) is 0 Å². The molecule has 0 saturated carbocycles. The Morgan fingerprint density at radius 1 is 1.27 bits per heavy atom. The van der Waals surface area contributed by atoms with Gasteiger partial charge in [0.2, 0.25) is 0 Å². The average molecular weight is 158 g/mol. The van der Waals surface area contributed by atoms with Crippen LogP contribution in [0.2, 0.25) is 0 Å². The molecule has 66 valence electrons. The number of aliphatic hydroxyl groups is 1. The molecule has 1 saturated heterocycles. The van der Waals surface area contributed by atoms with Gasteiger partial charge in [0.1, 0.15) is 0 Å². The maximum absolute atomic E-state index is 9.70. The molecule has 1 aliphatic rings. The fourth-order valence-corrected chi connectivity index (χ4v) is 1.60. The van der Waals surface area contributed by atoms with Crippen LogP contribution in [0, 0.1) is 11.8 Å². The summed E-state index contributed by atoms with van der Waals surface area (Å²) in [5.41, 5.74) is 0. The summed E-state index contributed by atoms with van der Waals surface area (Å²) in [6, 6.07) is 0. The Morgan fingerprint density at radius 2 is 1.82 bits per heavy atom. The summed E-state index contributed by atoms with van der Waals surface area (Å²) in [5, 5.41) is 9.70. The minimum absolute atomic E-state index is 0.126. The Balaban J connectivity index is 2.32. The molecule has 11 heavy (non-hydrogen) atoms. The molecule has 0 aromatic carbocycles. The second-order valence-corrected chi connectivity index (χ2v) is 3.68. The van der Waals surface area contributed by atoms with Crippen molar-refractivity contribution in [2.75, 3.05) is 13.2 Å². The van der Waals surface area contributed by atoms with E-state index in [0.717, 1.165) is 26.1 Å². The summed E-state index contributed by atoms with van der Waals surface area (Å²) in [4.78, 5) is 0. The highest BCUT2D eigenvalue weighted by molar-refractivity contribution is 4.73. The van der Waals surface area contributed by atoms with Gasteiger partial charge in [-0.2, -0.15) is 0 Å². The Hall–Kier alpha value is -0.0800. The second kappa shape index (κ2) is 4.07. The van der Waals surface area contributed by atoms with Gasteiger partial charge in [-0.05, 0) is 24.7 Å². The third-order valence-electron chi connectivity index (χ3n) is 2.43. The molecule has 0 aromatic rings. The average Bonchev–Trinajstić information content (AvgIpc) is 2.05. The van der Waals surface area contributed by atoms with Crippen molar-refractivity contribution in [3.8, 4) is 0 Å². The van der Waals surface area contributed by atoms with Crippen molar-refractivity contribution in [3.05, 3.63) is 0 Å². The van der Waals surface area contributed by atoms with Crippen LogP contribution in [-0.4, -0.2) is 24.4 Å². The zero-order chi connectivity index (χ0) is 8.27. The number of hydrogen-bond acceptors (Lipinski definition) is 2. The van der Waals surface area contributed by atoms with E-state index in [2.05, 4.69) is 13.8 Å². The summed E-state index contributed by atoms with van der Waals surface area (Å²) in [6.07, 6.45) is 1.93. The number of hydrogen-bond donors (Lipinski definition) is 1. The van der Waals surface area contributed by atoms with Gasteiger partial charge >= 0.3 is 0 Å². The lowest BCUT2D eigenvalue weighted by molar-refractivity contribution is -0.0104. The van der Waals surface area contributed by atoms with Crippen molar-refractivity contribution in [2.45, 2.75) is 32.8 Å². The summed E-state index contributed by atoms with van der Waals surface area (Å²) < 4.78 is 5.22. The SMILES string of the molecule is CC(C)C(O)C1CCOCC1. The summed E-state index contributed by atoms with van der Waals surface area (Å²) in [7, 11) is 0. The maximum atomic E-state index is 9.70. The minimum atomic E-state index is -0.126. The van der Waals surface area contributed by atoms with E-state index in [0.29, 0.717) is 11.8 Å². The van der Waals surface area contributed by atoms with Crippen LogP contribution in [0.5, 0.6) is 0 Å². The molecule has 1 fully saturated rings. The van der Waals surface area contributed by atoms with Crippen molar-refractivity contribution >= 4 is 0 Å². The smallest absolute Gasteiger partial charge is 0.0592 e. The molecule has 0 aromatic heterocycles. The molecule has 2 heteroatoms. The largest absolute Gasteiger partial charge is 0.393 e. The summed E-state index contributed by atoms with van der Waals surface area (Å²) in [5.74, 6) is 0.863. The van der Waals surface area contributed by atoms with E-state index < -0.39 is 0 Å². The normalized spacial score (nSPS) is 24.0. The Kier molecular flexibility index (Phi) is 3.34. The van der Waals surface area contributed by atoms with E-state index in [9.17, 15) is 5.11 Å². The standard InChI is InChI=1S/C9H18O2/c1-7(2)9(10)8-3-5-11-6-4-8/h7-10H,3-6H2,1-2H3. The van der Waals surface area contributed by atoms with Gasteiger partial charge in [-0.1, -0.05) is 13.8 Å². The highest BCUT2D eigenvalue weighted by Crippen LogP contribution is 2.22. The lowest BCUT2D eigenvalue weighted by Crippen LogP contribution is -2.30. The summed E-state index contributed by atoms with van der Waals surface area (Å²) >= 11 is 0. The fourth-order valence-electron chi connectivity index (χ4n) is 1.60. The third kappa shape index (κ3) is 2.46. The van der Waals surface area contributed by atoms with Crippen LogP contribution < -0.4 is 0 Å². The van der Waals surface area contributed by atoms with Gasteiger partial charge in [0, 0.05) is 13.2 Å². The highest BCUT2D eigenvalue weighted by atomic mass is 16.5. The molecule has 0 bridgehead atoms. The lowest BCUT2D eigenvalue weighted by atomic mass is 9.87. The van der Waals surface area contributed by atoms with Crippen LogP contribution in [0.25, 0.3) is 0 Å². The number of aliphatic hydroxyl groups excluding tert-OH is 1. The van der Waals surface area contributed by atoms with Crippen molar-refractivity contribution in [1.29, 1.82) is 0 Å². The number of rotatable bonds is 2. The minimum Gasteiger partial charge on any atom is -0.393 e. The first-order chi connectivity index (χ1) is 5.22. The molecule has 1 atom stereocenters. The van der Waals surface area contributed by atoms with E-state index in [4.69, 9.17) is 4.74 Å². The van der Waals surface area contributed by atoms with Gasteiger partial charge < -0.3 is 9.84 Å². The molecule has 1 rings (SSSR count). The van der Waals surface area contributed by atoms with E-state index in [-0.39, 0.29) is 6.10 Å². The first kappa shape index (κ1) is 9.01. The molecular formula is C9H18O2. The molecule has 1 aliphatic heterocycles. The van der Waals surface area contributed by atoms with Crippen molar-refractivity contribution in [3.63, 3.8) is 0 Å². The predicted molar refractivity (Wildman–Crippen MR) is 44.4 cm³/mol. The molecule has 2 nitrogen and oxygen atoms in total. The first-order valence-electron chi connectivity index (χ1n) is 4.47. The van der Waals surface area contributed by atoms with Crippen LogP contribution >= 0.6 is 0 Å². The lowest BCUT2D eigenvalue weighted by Gasteiger charge is -2.28. The van der Waals surface area contributed by atoms with Crippen molar-refractivity contribution < 1.29 is 9.84 Å². The highest BCUT2D eigenvalue weighted by Gasteiger charge is 2.23. The second-order valence-electron chi connectivity index (χ2n) is 3.68. The van der Waals surface area contributed by atoms with Gasteiger partial charge in [0.15, 0.2) is 0 Å². The molecule has 0 spiro atoms. The molecule has 1 heterocycles. The Bertz CT molecular complexity index is 106. The third-order valence-corrected chi connectivity index (χ3v) is 2.43. The quantitative estimate of drug-likeness (QED) is 0.658. The molecule has 0 aliphatic carbocycles. The van der Waals surface area contributed by atoms with E-state index in [1.54, 1.807) is 0 Å². The van der Waals surface area contributed by atoms with Crippen molar-refractivity contribution in [1.82, 2.24) is 0 Å². The van der Waals surface area contributed by atoms with Crippen LogP contribution in [-0.2, 0) is 4.74 Å². The molecule has 0 radical (unpaired) electrons. The van der Waals surface area contributed by atoms with E-state index >= 15 is 0 Å². The van der Waals surface area contributed by atoms with Gasteiger partial charge in [-0.25, -0.2) is 0 Å². The van der Waals surface area contributed by atoms with Gasteiger partial charge in [0.25, 0.3) is 0 Å². The van der Waals surface area contributed by atoms with Crippen molar-refractivity contribution in [2.24, 2.45) is 11.8 Å². The molecular weight excluding hydrogens is 140 g/mol. The van der Waals surface area contributed by atoms with Crippen LogP contribution in [0.4, 0.5) is 0 Å². The Labute approximate surface area is 68.6 Å². The fraction of sp³-hybridized carbons (Fsp3) is 1.00. The molecule has 1 N–H and O–H groups in total. The van der Waals surface area contributed by atoms with Gasteiger partial charge in [-0.3, -0.25) is 0 Å².